The molecule has 0 unspecified atom stereocenters. The summed E-state index contributed by atoms with van der Waals surface area (Å²) in [5, 5.41) is 0. The number of benzene rings is 3. The van der Waals surface area contributed by atoms with Crippen LogP contribution in [0, 0.1) is 5.82 Å². The summed E-state index contributed by atoms with van der Waals surface area (Å²) >= 11 is 0. The van der Waals surface area contributed by atoms with Crippen LogP contribution in [0.2, 0.25) is 0 Å². The maximum Gasteiger partial charge on any atom is 0.416 e. The average Bonchev–Trinajstić information content (AvgIpc) is 2.97. The molecule has 0 saturated carbocycles. The highest BCUT2D eigenvalue weighted by atomic mass is 19.4. The number of aliphatic imine (C=N–C) groups is 1. The molecule has 5 rings (SSSR count). The van der Waals surface area contributed by atoms with Gasteiger partial charge in [0.2, 0.25) is 6.23 Å². The number of hydrogen-bond donors (Lipinski definition) is 0. The van der Waals surface area contributed by atoms with Crippen molar-refractivity contribution in [2.24, 2.45) is 4.99 Å². The first-order chi connectivity index (χ1) is 20.1. The Morgan fingerprint density at radius 1 is 0.976 bits per heavy atom. The van der Waals surface area contributed by atoms with Crippen LogP contribution in [0.4, 0.5) is 34.6 Å². The quantitative estimate of drug-likeness (QED) is 0.256. The maximum absolute atomic E-state index is 15.1. The number of fused-ring (bicyclic) bond motifs is 1. The molecule has 0 aliphatic carbocycles. The lowest BCUT2D eigenvalue weighted by atomic mass is 10.0. The number of methoxy groups -OCH3 is 2. The van der Waals surface area contributed by atoms with Gasteiger partial charge in [-0.15, -0.1) is 0 Å². The average molecular weight is 587 g/mol. The molecule has 0 radical (unpaired) electrons. The zero-order valence-electron chi connectivity index (χ0n) is 23.3. The fraction of sp³-hybridized carbons (Fsp3) is 0.333. The lowest BCUT2D eigenvalue weighted by Gasteiger charge is -2.41. The van der Waals surface area contributed by atoms with Crippen molar-refractivity contribution >= 4 is 28.9 Å². The van der Waals surface area contributed by atoms with Gasteiger partial charge in [-0.25, -0.2) is 9.38 Å². The SMILES string of the molecule is COc1cccc(N2CCN(CC3=Nc4c(F)cccc4[C@H](OC(C)=O)N3c3cc(C(F)(F)F)ccc3OC)CC2)c1. The van der Waals surface area contributed by atoms with Crippen molar-refractivity contribution in [3.05, 3.63) is 77.6 Å². The van der Waals surface area contributed by atoms with E-state index in [9.17, 15) is 18.0 Å². The summed E-state index contributed by atoms with van der Waals surface area (Å²) in [4.78, 5) is 22.5. The summed E-state index contributed by atoms with van der Waals surface area (Å²) in [5.41, 5.74) is 0.246. The van der Waals surface area contributed by atoms with E-state index in [1.807, 2.05) is 24.3 Å². The van der Waals surface area contributed by atoms with E-state index in [0.29, 0.717) is 26.2 Å². The van der Waals surface area contributed by atoms with Crippen molar-refractivity contribution in [1.82, 2.24) is 4.90 Å². The summed E-state index contributed by atoms with van der Waals surface area (Å²) < 4.78 is 72.9. The van der Waals surface area contributed by atoms with Gasteiger partial charge >= 0.3 is 12.1 Å². The Kier molecular flexibility index (Phi) is 8.26. The maximum atomic E-state index is 15.1. The van der Waals surface area contributed by atoms with Crippen molar-refractivity contribution in [3.63, 3.8) is 0 Å². The summed E-state index contributed by atoms with van der Waals surface area (Å²) in [6.45, 7) is 3.83. The van der Waals surface area contributed by atoms with Crippen LogP contribution in [0.5, 0.6) is 11.5 Å². The van der Waals surface area contributed by atoms with Gasteiger partial charge < -0.3 is 19.1 Å². The Balaban J connectivity index is 1.53. The number of rotatable bonds is 7. The lowest BCUT2D eigenvalue weighted by Crippen LogP contribution is -2.51. The normalized spacial score (nSPS) is 17.4. The Bertz CT molecular complexity index is 1490. The van der Waals surface area contributed by atoms with Crippen LogP contribution in [-0.2, 0) is 15.7 Å². The Labute approximate surface area is 240 Å². The Morgan fingerprint density at radius 2 is 1.71 bits per heavy atom. The van der Waals surface area contributed by atoms with Gasteiger partial charge in [-0.3, -0.25) is 14.6 Å². The molecular weight excluding hydrogens is 556 g/mol. The number of carbonyl (C=O) groups is 1. The van der Waals surface area contributed by atoms with E-state index in [1.165, 1.54) is 43.2 Å². The fourth-order valence-electron chi connectivity index (χ4n) is 5.18. The van der Waals surface area contributed by atoms with Gasteiger partial charge in [-0.05, 0) is 36.4 Å². The molecule has 42 heavy (non-hydrogen) atoms. The number of hydrogen-bond acceptors (Lipinski definition) is 8. The number of esters is 1. The van der Waals surface area contributed by atoms with Crippen LogP contribution in [0.1, 0.15) is 24.3 Å². The van der Waals surface area contributed by atoms with Crippen molar-refractivity contribution in [1.29, 1.82) is 0 Å². The molecule has 0 N–H and O–H groups in total. The van der Waals surface area contributed by atoms with Crippen molar-refractivity contribution in [2.45, 2.75) is 19.3 Å². The highest BCUT2D eigenvalue weighted by Crippen LogP contribution is 2.45. The van der Waals surface area contributed by atoms with Gasteiger partial charge in [-0.2, -0.15) is 13.2 Å². The molecule has 3 aromatic carbocycles. The van der Waals surface area contributed by atoms with E-state index in [2.05, 4.69) is 14.8 Å². The van der Waals surface area contributed by atoms with Gasteiger partial charge in [-0.1, -0.05) is 18.2 Å². The van der Waals surface area contributed by atoms with E-state index in [0.717, 1.165) is 23.6 Å². The Morgan fingerprint density at radius 3 is 2.38 bits per heavy atom. The number of para-hydroxylation sites is 1. The lowest BCUT2D eigenvalue weighted by molar-refractivity contribution is -0.146. The largest absolute Gasteiger partial charge is 0.497 e. The van der Waals surface area contributed by atoms with Gasteiger partial charge in [0.25, 0.3) is 0 Å². The molecule has 222 valence electrons. The van der Waals surface area contributed by atoms with Crippen LogP contribution in [-0.4, -0.2) is 63.6 Å². The van der Waals surface area contributed by atoms with Crippen molar-refractivity contribution in [3.8, 4) is 11.5 Å². The number of piperazine rings is 1. The minimum absolute atomic E-state index is 0.0118. The van der Waals surface area contributed by atoms with Gasteiger partial charge in [0.15, 0.2) is 0 Å². The first-order valence-electron chi connectivity index (χ1n) is 13.3. The number of carbonyl (C=O) groups excluding carboxylic acids is 1. The van der Waals surface area contributed by atoms with Crippen LogP contribution in [0.15, 0.2) is 65.7 Å². The van der Waals surface area contributed by atoms with Crippen molar-refractivity contribution < 1.29 is 36.6 Å². The molecule has 0 amide bonds. The number of anilines is 2. The second kappa shape index (κ2) is 11.9. The molecule has 0 bridgehead atoms. The zero-order chi connectivity index (χ0) is 30.0. The number of halogens is 4. The van der Waals surface area contributed by atoms with Crippen LogP contribution < -0.4 is 19.3 Å². The number of nitrogens with zero attached hydrogens (tertiary/aromatic N) is 4. The second-order valence-corrected chi connectivity index (χ2v) is 9.89. The third-order valence-corrected chi connectivity index (χ3v) is 7.24. The van der Waals surface area contributed by atoms with Gasteiger partial charge in [0.05, 0.1) is 32.0 Å². The predicted molar refractivity (Wildman–Crippen MR) is 150 cm³/mol. The third kappa shape index (κ3) is 5.98. The Hall–Kier alpha value is -4.32. The summed E-state index contributed by atoms with van der Waals surface area (Å²) in [5.74, 6) is -0.267. The molecule has 2 aliphatic heterocycles. The molecule has 3 aromatic rings. The molecule has 1 atom stereocenters. The summed E-state index contributed by atoms with van der Waals surface area (Å²) in [7, 11) is 2.94. The highest BCUT2D eigenvalue weighted by molar-refractivity contribution is 6.04. The molecule has 1 saturated heterocycles. The first kappa shape index (κ1) is 29.2. The minimum Gasteiger partial charge on any atom is -0.497 e. The number of amidine groups is 1. The second-order valence-electron chi connectivity index (χ2n) is 9.89. The number of ether oxygens (including phenoxy) is 3. The molecular formula is C30H30F4N4O4. The third-order valence-electron chi connectivity index (χ3n) is 7.24. The van der Waals surface area contributed by atoms with E-state index in [-0.39, 0.29) is 35.1 Å². The molecule has 2 heterocycles. The fourth-order valence-corrected chi connectivity index (χ4v) is 5.18. The van der Waals surface area contributed by atoms with E-state index in [1.54, 1.807) is 7.11 Å². The predicted octanol–water partition coefficient (Wildman–Crippen LogP) is 5.80. The molecule has 8 nitrogen and oxygen atoms in total. The molecule has 1 fully saturated rings. The van der Waals surface area contributed by atoms with E-state index in [4.69, 9.17) is 14.2 Å². The van der Waals surface area contributed by atoms with Gasteiger partial charge in [0.1, 0.15) is 28.8 Å². The monoisotopic (exact) mass is 586 g/mol. The minimum atomic E-state index is -4.65. The van der Waals surface area contributed by atoms with Crippen LogP contribution in [0.25, 0.3) is 0 Å². The van der Waals surface area contributed by atoms with Crippen LogP contribution >= 0.6 is 0 Å². The molecule has 12 heteroatoms. The highest BCUT2D eigenvalue weighted by Gasteiger charge is 2.39. The molecule has 2 aliphatic rings. The molecule has 0 aromatic heterocycles. The van der Waals surface area contributed by atoms with Crippen molar-refractivity contribution in [2.75, 3.05) is 56.7 Å². The van der Waals surface area contributed by atoms with E-state index >= 15 is 4.39 Å². The van der Waals surface area contributed by atoms with Crippen LogP contribution in [0.3, 0.4) is 0 Å². The standard InChI is InChI=1S/C30H30F4N4O4/c1-19(39)42-29-23-8-5-9-24(31)28(23)35-27(38(29)25-16-20(30(32,33)34)10-11-26(25)41-3)18-36-12-14-37(15-13-36)21-6-4-7-22(17-21)40-2/h4-11,16-17,29H,12-15,18H2,1-3H3/t29-/m0/s1. The smallest absolute Gasteiger partial charge is 0.416 e. The first-order valence-corrected chi connectivity index (χ1v) is 13.3. The van der Waals surface area contributed by atoms with E-state index < -0.39 is 29.8 Å². The summed E-state index contributed by atoms with van der Waals surface area (Å²) in [6, 6.07) is 15.0. The zero-order valence-corrected chi connectivity index (χ0v) is 23.3. The topological polar surface area (TPSA) is 66.8 Å². The molecule has 0 spiro atoms. The number of alkyl halides is 3. The van der Waals surface area contributed by atoms with Gasteiger partial charge in [0, 0.05) is 50.4 Å². The summed E-state index contributed by atoms with van der Waals surface area (Å²) in [6.07, 6.45) is -5.93.